The number of rotatable bonds is 9. The summed E-state index contributed by atoms with van der Waals surface area (Å²) >= 11 is 0. The summed E-state index contributed by atoms with van der Waals surface area (Å²) in [4.78, 5) is 23.4. The van der Waals surface area contributed by atoms with Crippen molar-refractivity contribution in [1.82, 2.24) is 0 Å². The molecule has 0 aromatic heterocycles. The van der Waals surface area contributed by atoms with Gasteiger partial charge in [0.25, 0.3) is 0 Å². The maximum atomic E-state index is 11.7. The highest BCUT2D eigenvalue weighted by Crippen LogP contribution is 2.23. The molecule has 0 spiro atoms. The zero-order valence-corrected chi connectivity index (χ0v) is 15.7. The lowest BCUT2D eigenvalue weighted by molar-refractivity contribution is -0.165. The fraction of sp³-hybridized carbons (Fsp3) is 0.182. The van der Waals surface area contributed by atoms with Crippen molar-refractivity contribution in [2.24, 2.45) is 0 Å². The molecule has 0 radical (unpaired) electrons. The molecule has 0 fully saturated rings. The lowest BCUT2D eigenvalue weighted by Gasteiger charge is -2.24. The standard InChI is InChI=1S/C22H22O6/c1-13-5-9-17(10-6-13)15(3)27-19(21(23)24)20(22(25)26)28-16(4)18-11-7-14(2)8-12-18/h5-12,19-20H,3-4H2,1-2H3,(H,23,24)(H,25,26)/t19-,20-/m1/s1. The predicted molar refractivity (Wildman–Crippen MR) is 105 cm³/mol. The van der Waals surface area contributed by atoms with Crippen LogP contribution in [0.4, 0.5) is 0 Å². The van der Waals surface area contributed by atoms with Gasteiger partial charge in [0.2, 0.25) is 12.2 Å². The summed E-state index contributed by atoms with van der Waals surface area (Å²) in [6, 6.07) is 14.1. The minimum Gasteiger partial charge on any atom is -0.478 e. The van der Waals surface area contributed by atoms with Crippen molar-refractivity contribution in [2.45, 2.75) is 26.1 Å². The quantitative estimate of drug-likeness (QED) is 0.639. The van der Waals surface area contributed by atoms with E-state index in [1.165, 1.54) is 0 Å². The Morgan fingerprint density at radius 1 is 0.714 bits per heavy atom. The summed E-state index contributed by atoms with van der Waals surface area (Å²) < 4.78 is 10.8. The van der Waals surface area contributed by atoms with Crippen LogP contribution in [0.15, 0.2) is 61.7 Å². The Balaban J connectivity index is 2.21. The molecule has 2 atom stereocenters. The predicted octanol–water partition coefficient (Wildman–Crippen LogP) is 3.88. The van der Waals surface area contributed by atoms with Crippen LogP contribution in [0.1, 0.15) is 22.3 Å². The van der Waals surface area contributed by atoms with Crippen molar-refractivity contribution in [1.29, 1.82) is 0 Å². The van der Waals surface area contributed by atoms with E-state index in [2.05, 4.69) is 13.2 Å². The first-order valence-electron chi connectivity index (χ1n) is 8.50. The van der Waals surface area contributed by atoms with E-state index in [0.29, 0.717) is 11.1 Å². The summed E-state index contributed by atoms with van der Waals surface area (Å²) in [6.07, 6.45) is -3.62. The maximum absolute atomic E-state index is 11.7. The van der Waals surface area contributed by atoms with Crippen molar-refractivity contribution in [2.75, 3.05) is 0 Å². The Hall–Kier alpha value is -3.54. The van der Waals surface area contributed by atoms with Gasteiger partial charge in [-0.2, -0.15) is 0 Å². The van der Waals surface area contributed by atoms with E-state index in [1.807, 2.05) is 38.1 Å². The molecule has 0 unspecified atom stereocenters. The van der Waals surface area contributed by atoms with E-state index in [9.17, 15) is 19.8 Å². The second kappa shape index (κ2) is 8.90. The molecule has 0 aliphatic rings. The smallest absolute Gasteiger partial charge is 0.349 e. The second-order valence-electron chi connectivity index (χ2n) is 6.33. The van der Waals surface area contributed by atoms with Crippen LogP contribution in [-0.2, 0) is 19.1 Å². The van der Waals surface area contributed by atoms with Crippen molar-refractivity contribution in [3.8, 4) is 0 Å². The fourth-order valence-corrected chi connectivity index (χ4v) is 2.40. The van der Waals surface area contributed by atoms with Crippen LogP contribution in [0, 0.1) is 13.8 Å². The first-order chi connectivity index (χ1) is 13.2. The Labute approximate surface area is 163 Å². The Morgan fingerprint density at radius 2 is 1.00 bits per heavy atom. The average Bonchev–Trinajstić information content (AvgIpc) is 2.64. The Kier molecular flexibility index (Phi) is 6.60. The van der Waals surface area contributed by atoms with Crippen LogP contribution >= 0.6 is 0 Å². The lowest BCUT2D eigenvalue weighted by Crippen LogP contribution is -2.43. The Bertz CT molecular complexity index is 805. The summed E-state index contributed by atoms with van der Waals surface area (Å²) in [6.45, 7) is 11.2. The van der Waals surface area contributed by atoms with Gasteiger partial charge in [-0.3, -0.25) is 0 Å². The number of ether oxygens (including phenoxy) is 2. The van der Waals surface area contributed by atoms with E-state index in [4.69, 9.17) is 9.47 Å². The maximum Gasteiger partial charge on any atom is 0.349 e. The van der Waals surface area contributed by atoms with Crippen molar-refractivity contribution in [3.63, 3.8) is 0 Å². The normalized spacial score (nSPS) is 12.5. The molecule has 0 aliphatic heterocycles. The summed E-state index contributed by atoms with van der Waals surface area (Å²) in [5.41, 5.74) is 3.09. The zero-order valence-electron chi connectivity index (χ0n) is 15.7. The largest absolute Gasteiger partial charge is 0.478 e. The van der Waals surface area contributed by atoms with E-state index in [1.54, 1.807) is 24.3 Å². The van der Waals surface area contributed by atoms with Crippen molar-refractivity contribution >= 4 is 23.5 Å². The number of carbonyl (C=O) groups is 2. The van der Waals surface area contributed by atoms with Gasteiger partial charge in [0, 0.05) is 11.1 Å². The molecule has 6 nitrogen and oxygen atoms in total. The van der Waals surface area contributed by atoms with Crippen LogP contribution < -0.4 is 0 Å². The molecule has 2 aromatic carbocycles. The molecule has 0 saturated heterocycles. The monoisotopic (exact) mass is 382 g/mol. The van der Waals surface area contributed by atoms with Gasteiger partial charge < -0.3 is 19.7 Å². The van der Waals surface area contributed by atoms with Crippen molar-refractivity contribution < 1.29 is 29.3 Å². The van der Waals surface area contributed by atoms with Crippen LogP contribution in [-0.4, -0.2) is 34.4 Å². The number of aryl methyl sites for hydroxylation is 2. The molecule has 0 saturated carbocycles. The first kappa shape index (κ1) is 20.8. The third kappa shape index (κ3) is 5.23. The van der Waals surface area contributed by atoms with Gasteiger partial charge in [0.15, 0.2) is 0 Å². The molecule has 146 valence electrons. The zero-order chi connectivity index (χ0) is 20.8. The molecular formula is C22H22O6. The van der Waals surface area contributed by atoms with Crippen LogP contribution in [0.5, 0.6) is 0 Å². The number of hydrogen-bond acceptors (Lipinski definition) is 4. The minimum atomic E-state index is -1.81. The summed E-state index contributed by atoms with van der Waals surface area (Å²) in [5.74, 6) is -2.92. The van der Waals surface area contributed by atoms with E-state index < -0.39 is 24.1 Å². The van der Waals surface area contributed by atoms with Gasteiger partial charge in [-0.05, 0) is 13.8 Å². The third-order valence-corrected chi connectivity index (χ3v) is 4.05. The SMILES string of the molecule is C=C(O[C@@H](C(=O)O)[C@@H](OC(=C)c1ccc(C)cc1)C(=O)O)c1ccc(C)cc1. The van der Waals surface area contributed by atoms with E-state index >= 15 is 0 Å². The molecule has 28 heavy (non-hydrogen) atoms. The first-order valence-corrected chi connectivity index (χ1v) is 8.50. The third-order valence-electron chi connectivity index (χ3n) is 4.05. The highest BCUT2D eigenvalue weighted by molar-refractivity contribution is 5.85. The van der Waals surface area contributed by atoms with Gasteiger partial charge in [-0.1, -0.05) is 72.8 Å². The molecule has 0 aliphatic carbocycles. The second-order valence-corrected chi connectivity index (χ2v) is 6.33. The molecule has 6 heteroatoms. The number of aliphatic carboxylic acids is 2. The number of carboxylic acids is 2. The average molecular weight is 382 g/mol. The molecule has 0 bridgehead atoms. The molecular weight excluding hydrogens is 360 g/mol. The van der Waals surface area contributed by atoms with Crippen LogP contribution in [0.2, 0.25) is 0 Å². The highest BCUT2D eigenvalue weighted by Gasteiger charge is 2.39. The molecule has 0 heterocycles. The van der Waals surface area contributed by atoms with Crippen LogP contribution in [0.3, 0.4) is 0 Å². The number of carboxylic acid groups (broad SMARTS) is 2. The molecule has 2 rings (SSSR count). The Morgan fingerprint density at radius 3 is 1.25 bits per heavy atom. The van der Waals surface area contributed by atoms with Gasteiger partial charge >= 0.3 is 11.9 Å². The molecule has 2 N–H and O–H groups in total. The van der Waals surface area contributed by atoms with Crippen molar-refractivity contribution in [3.05, 3.63) is 83.9 Å². The molecule has 2 aromatic rings. The number of benzene rings is 2. The highest BCUT2D eigenvalue weighted by atomic mass is 16.6. The van der Waals surface area contributed by atoms with Gasteiger partial charge in [-0.15, -0.1) is 0 Å². The fourth-order valence-electron chi connectivity index (χ4n) is 2.40. The lowest BCUT2D eigenvalue weighted by atomic mass is 10.1. The van der Waals surface area contributed by atoms with E-state index in [-0.39, 0.29) is 11.5 Å². The minimum absolute atomic E-state index is 0.0307. The summed E-state index contributed by atoms with van der Waals surface area (Å²) in [7, 11) is 0. The van der Waals surface area contributed by atoms with Gasteiger partial charge in [0.1, 0.15) is 11.5 Å². The topological polar surface area (TPSA) is 93.1 Å². The van der Waals surface area contributed by atoms with E-state index in [0.717, 1.165) is 11.1 Å². The molecule has 0 amide bonds. The van der Waals surface area contributed by atoms with Gasteiger partial charge in [-0.25, -0.2) is 9.59 Å². The van der Waals surface area contributed by atoms with Gasteiger partial charge in [0.05, 0.1) is 0 Å². The number of hydrogen-bond donors (Lipinski definition) is 2. The van der Waals surface area contributed by atoms with Crippen LogP contribution in [0.25, 0.3) is 11.5 Å². The summed E-state index contributed by atoms with van der Waals surface area (Å²) in [5, 5.41) is 19.0.